The number of hydrogen-bond acceptors (Lipinski definition) is 6. The van der Waals surface area contributed by atoms with Crippen LogP contribution in [0.3, 0.4) is 0 Å². The first-order valence-electron chi connectivity index (χ1n) is 10.9. The second-order valence-corrected chi connectivity index (χ2v) is 10.7. The third kappa shape index (κ3) is 4.95. The first kappa shape index (κ1) is 23.0. The van der Waals surface area contributed by atoms with E-state index in [2.05, 4.69) is 0 Å². The summed E-state index contributed by atoms with van der Waals surface area (Å²) in [6.07, 6.45) is 0.348. The van der Waals surface area contributed by atoms with Gasteiger partial charge in [0.25, 0.3) is 5.91 Å². The predicted octanol–water partition coefficient (Wildman–Crippen LogP) is 3.64. The van der Waals surface area contributed by atoms with Crippen molar-refractivity contribution in [2.24, 2.45) is 0 Å². The molecule has 0 unspecified atom stereocenters. The quantitative estimate of drug-likeness (QED) is 0.547. The molecule has 0 aliphatic carbocycles. The summed E-state index contributed by atoms with van der Waals surface area (Å²) in [6.45, 7) is 6.45. The maximum absolute atomic E-state index is 13.5. The van der Waals surface area contributed by atoms with Crippen LogP contribution < -0.4 is 10.2 Å². The van der Waals surface area contributed by atoms with Gasteiger partial charge in [-0.05, 0) is 68.1 Å². The maximum Gasteiger partial charge on any atom is 0.290 e. The van der Waals surface area contributed by atoms with Crippen LogP contribution in [-0.4, -0.2) is 43.4 Å². The molecule has 0 saturated carbocycles. The van der Waals surface area contributed by atoms with Crippen LogP contribution in [0.2, 0.25) is 0 Å². The van der Waals surface area contributed by atoms with Crippen LogP contribution in [0.15, 0.2) is 51.7 Å². The van der Waals surface area contributed by atoms with Crippen molar-refractivity contribution in [3.63, 3.8) is 0 Å². The highest BCUT2D eigenvalue weighted by Crippen LogP contribution is 2.25. The van der Waals surface area contributed by atoms with Crippen molar-refractivity contribution >= 4 is 26.7 Å². The number of benzene rings is 2. The number of amides is 1. The third-order valence-corrected chi connectivity index (χ3v) is 7.80. The fraction of sp³-hybridized carbons (Fsp3) is 0.360. The molecule has 1 aliphatic rings. The molecule has 1 atom stereocenters. The molecule has 0 bridgehead atoms. The lowest BCUT2D eigenvalue weighted by Gasteiger charge is -2.28. The van der Waals surface area contributed by atoms with Gasteiger partial charge in [-0.3, -0.25) is 9.59 Å². The zero-order valence-corrected chi connectivity index (χ0v) is 19.8. The zero-order valence-electron chi connectivity index (χ0n) is 19.0. The summed E-state index contributed by atoms with van der Waals surface area (Å²) in [5.74, 6) is 0.0551. The average Bonchev–Trinajstić information content (AvgIpc) is 3.13. The average molecular weight is 470 g/mol. The Bertz CT molecular complexity index is 1360. The van der Waals surface area contributed by atoms with Crippen molar-refractivity contribution in [1.29, 1.82) is 0 Å². The largest absolute Gasteiger partial charge is 0.494 e. The molecule has 1 aromatic heterocycles. The van der Waals surface area contributed by atoms with E-state index in [4.69, 9.17) is 9.15 Å². The van der Waals surface area contributed by atoms with Crippen molar-refractivity contribution in [1.82, 2.24) is 4.90 Å². The highest BCUT2D eigenvalue weighted by molar-refractivity contribution is 7.91. The minimum absolute atomic E-state index is 0.0326. The van der Waals surface area contributed by atoms with Crippen LogP contribution in [0.1, 0.15) is 40.6 Å². The van der Waals surface area contributed by atoms with Gasteiger partial charge in [-0.15, -0.1) is 0 Å². The third-order valence-electron chi connectivity index (χ3n) is 6.05. The van der Waals surface area contributed by atoms with E-state index in [-0.39, 0.29) is 29.2 Å². The highest BCUT2D eigenvalue weighted by Gasteiger charge is 2.36. The van der Waals surface area contributed by atoms with Crippen molar-refractivity contribution < 1.29 is 22.4 Å². The van der Waals surface area contributed by atoms with Gasteiger partial charge in [0.05, 0.1) is 23.5 Å². The smallest absolute Gasteiger partial charge is 0.290 e. The molecule has 1 amide bonds. The van der Waals surface area contributed by atoms with Crippen LogP contribution in [-0.2, 0) is 16.4 Å². The second kappa shape index (κ2) is 9.02. The lowest BCUT2D eigenvalue weighted by Crippen LogP contribution is -2.40. The van der Waals surface area contributed by atoms with Crippen molar-refractivity contribution in [3.8, 4) is 5.75 Å². The molecule has 0 spiro atoms. The van der Waals surface area contributed by atoms with Crippen molar-refractivity contribution in [2.75, 3.05) is 18.1 Å². The SMILES string of the molecule is CCOc1ccc(CN(C(=O)c2cc(=O)c3cc(C)c(C)cc3o2)[C@@H]2CCS(=O)(=O)C2)cc1. The Morgan fingerprint density at radius 3 is 2.45 bits per heavy atom. The van der Waals surface area contributed by atoms with Crippen LogP contribution in [0.4, 0.5) is 0 Å². The molecule has 0 radical (unpaired) electrons. The van der Waals surface area contributed by atoms with Crippen molar-refractivity contribution in [3.05, 3.63) is 75.1 Å². The summed E-state index contributed by atoms with van der Waals surface area (Å²) >= 11 is 0. The number of nitrogens with zero attached hydrogens (tertiary/aromatic N) is 1. The van der Waals surface area contributed by atoms with Gasteiger partial charge in [-0.1, -0.05) is 12.1 Å². The molecule has 0 N–H and O–H groups in total. The number of aryl methyl sites for hydroxylation is 2. The van der Waals surface area contributed by atoms with Gasteiger partial charge < -0.3 is 14.1 Å². The Balaban J connectivity index is 1.71. The number of carbonyl (C=O) groups excluding carboxylic acids is 1. The van der Waals surface area contributed by atoms with Gasteiger partial charge in [0.1, 0.15) is 11.3 Å². The van der Waals surface area contributed by atoms with Gasteiger partial charge in [0, 0.05) is 18.7 Å². The number of carbonyl (C=O) groups is 1. The van der Waals surface area contributed by atoms with Gasteiger partial charge in [-0.2, -0.15) is 0 Å². The van der Waals surface area contributed by atoms with Gasteiger partial charge >= 0.3 is 0 Å². The van der Waals surface area contributed by atoms with Gasteiger partial charge in [0.2, 0.25) is 0 Å². The monoisotopic (exact) mass is 469 g/mol. The summed E-state index contributed by atoms with van der Waals surface area (Å²) in [7, 11) is -3.22. The van der Waals surface area contributed by atoms with E-state index in [1.54, 1.807) is 12.1 Å². The minimum atomic E-state index is -3.22. The van der Waals surface area contributed by atoms with E-state index in [0.717, 1.165) is 16.7 Å². The first-order valence-corrected chi connectivity index (χ1v) is 12.8. The Morgan fingerprint density at radius 2 is 1.82 bits per heavy atom. The normalized spacial score (nSPS) is 17.2. The maximum atomic E-state index is 13.5. The zero-order chi connectivity index (χ0) is 23.8. The van der Waals surface area contributed by atoms with Gasteiger partial charge in [0.15, 0.2) is 21.0 Å². The molecule has 4 rings (SSSR count). The number of rotatable bonds is 6. The summed E-state index contributed by atoms with van der Waals surface area (Å²) in [4.78, 5) is 27.8. The Kier molecular flexibility index (Phi) is 6.30. The molecule has 1 fully saturated rings. The van der Waals surface area contributed by atoms with E-state index in [0.29, 0.717) is 29.7 Å². The lowest BCUT2D eigenvalue weighted by molar-refractivity contribution is 0.0648. The van der Waals surface area contributed by atoms with Crippen LogP contribution in [0, 0.1) is 13.8 Å². The second-order valence-electron chi connectivity index (χ2n) is 8.47. The fourth-order valence-corrected chi connectivity index (χ4v) is 5.83. The van der Waals surface area contributed by atoms with E-state index < -0.39 is 21.8 Å². The molecule has 7 nitrogen and oxygen atoms in total. The van der Waals surface area contributed by atoms with E-state index >= 15 is 0 Å². The Hall–Kier alpha value is -3.13. The molecule has 2 heterocycles. The molecular weight excluding hydrogens is 442 g/mol. The summed E-state index contributed by atoms with van der Waals surface area (Å²) in [5.41, 5.74) is 2.77. The molecular formula is C25H27NO6S. The number of sulfone groups is 1. The number of fused-ring (bicyclic) bond motifs is 1. The summed E-state index contributed by atoms with van der Waals surface area (Å²) in [5, 5.41) is 0.413. The van der Waals surface area contributed by atoms with E-state index in [9.17, 15) is 18.0 Å². The predicted molar refractivity (Wildman–Crippen MR) is 127 cm³/mol. The van der Waals surface area contributed by atoms with E-state index in [1.807, 2.05) is 45.0 Å². The van der Waals surface area contributed by atoms with Crippen LogP contribution in [0.5, 0.6) is 5.75 Å². The molecule has 1 saturated heterocycles. The standard InChI is InChI=1S/C25H27NO6S/c1-4-31-20-7-5-18(6-8-20)14-26(19-9-10-33(29,30)15-19)25(28)24-13-22(27)21-11-16(2)17(3)12-23(21)32-24/h5-8,11-13,19H,4,9-10,14-15H2,1-3H3/t19-/m1/s1. The number of hydrogen-bond donors (Lipinski definition) is 0. The van der Waals surface area contributed by atoms with Crippen molar-refractivity contribution in [2.45, 2.75) is 39.8 Å². The molecule has 3 aromatic rings. The topological polar surface area (TPSA) is 93.9 Å². The summed E-state index contributed by atoms with van der Waals surface area (Å²) in [6, 6.07) is 11.5. The molecule has 2 aromatic carbocycles. The molecule has 33 heavy (non-hydrogen) atoms. The summed E-state index contributed by atoms with van der Waals surface area (Å²) < 4.78 is 35.6. The van der Waals surface area contributed by atoms with Crippen LogP contribution >= 0.6 is 0 Å². The fourth-order valence-electron chi connectivity index (χ4n) is 4.10. The highest BCUT2D eigenvalue weighted by atomic mass is 32.2. The molecule has 174 valence electrons. The van der Waals surface area contributed by atoms with Gasteiger partial charge in [-0.25, -0.2) is 8.42 Å². The molecule has 1 aliphatic heterocycles. The number of ether oxygens (including phenoxy) is 1. The Morgan fingerprint density at radius 1 is 1.12 bits per heavy atom. The first-order chi connectivity index (χ1) is 15.7. The lowest BCUT2D eigenvalue weighted by atomic mass is 10.1. The minimum Gasteiger partial charge on any atom is -0.494 e. The Labute approximate surface area is 192 Å². The van der Waals surface area contributed by atoms with Crippen LogP contribution in [0.25, 0.3) is 11.0 Å². The molecule has 8 heteroatoms. The van der Waals surface area contributed by atoms with E-state index in [1.165, 1.54) is 11.0 Å².